The molecule has 0 spiro atoms. The van der Waals surface area contributed by atoms with E-state index in [1.165, 1.54) is 18.2 Å². The number of amides is 1. The monoisotopic (exact) mass is 326 g/mol. The largest absolute Gasteiger partial charge is 0.508 e. The minimum Gasteiger partial charge on any atom is -0.508 e. The molecular formula is C17H14N2O5. The predicted octanol–water partition coefficient (Wildman–Crippen LogP) is 3.13. The zero-order chi connectivity index (χ0) is 17.1. The van der Waals surface area contributed by atoms with Crippen LogP contribution in [0.4, 0.5) is 10.5 Å². The molecule has 1 heterocycles. The van der Waals surface area contributed by atoms with Gasteiger partial charge in [0.2, 0.25) is 5.89 Å². The maximum absolute atomic E-state index is 12.1. The summed E-state index contributed by atoms with van der Waals surface area (Å²) >= 11 is 0. The van der Waals surface area contributed by atoms with Crippen molar-refractivity contribution < 1.29 is 19.1 Å². The molecular weight excluding hydrogens is 312 g/mol. The number of nitrogens with one attached hydrogen (secondary N) is 1. The normalized spacial score (nSPS) is 10.5. The SMILES string of the molecule is CCOC(=O)Nc1ccc(O)cc1-c1nc(=O)c2ccccc2o1. The number of nitrogens with zero attached hydrogens (tertiary/aromatic N) is 1. The van der Waals surface area contributed by atoms with Gasteiger partial charge < -0.3 is 14.3 Å². The lowest BCUT2D eigenvalue weighted by Crippen LogP contribution is -2.14. The van der Waals surface area contributed by atoms with E-state index in [1.807, 2.05) is 0 Å². The number of phenols is 1. The second kappa shape index (κ2) is 6.41. The highest BCUT2D eigenvalue weighted by molar-refractivity contribution is 5.91. The first kappa shape index (κ1) is 15.5. The molecule has 0 fully saturated rings. The van der Waals surface area contributed by atoms with E-state index in [0.717, 1.165) is 0 Å². The van der Waals surface area contributed by atoms with Gasteiger partial charge in [0.15, 0.2) is 0 Å². The van der Waals surface area contributed by atoms with E-state index in [4.69, 9.17) is 9.15 Å². The quantitative estimate of drug-likeness (QED) is 0.717. The van der Waals surface area contributed by atoms with Crippen LogP contribution in [0.15, 0.2) is 51.7 Å². The van der Waals surface area contributed by atoms with Crippen LogP contribution in [0.1, 0.15) is 6.92 Å². The van der Waals surface area contributed by atoms with E-state index in [1.54, 1.807) is 31.2 Å². The van der Waals surface area contributed by atoms with Crippen LogP contribution in [0.25, 0.3) is 22.4 Å². The van der Waals surface area contributed by atoms with Crippen LogP contribution in [0.5, 0.6) is 5.75 Å². The molecule has 0 bridgehead atoms. The second-order valence-corrected chi connectivity index (χ2v) is 4.90. The van der Waals surface area contributed by atoms with Crippen molar-refractivity contribution in [3.05, 3.63) is 52.8 Å². The number of hydrogen-bond donors (Lipinski definition) is 2. The van der Waals surface area contributed by atoms with Crippen molar-refractivity contribution in [3.63, 3.8) is 0 Å². The van der Waals surface area contributed by atoms with E-state index in [9.17, 15) is 14.7 Å². The van der Waals surface area contributed by atoms with Crippen molar-refractivity contribution >= 4 is 22.7 Å². The van der Waals surface area contributed by atoms with Gasteiger partial charge in [-0.1, -0.05) is 12.1 Å². The van der Waals surface area contributed by atoms with Gasteiger partial charge in [0.1, 0.15) is 11.3 Å². The van der Waals surface area contributed by atoms with Gasteiger partial charge in [-0.05, 0) is 37.3 Å². The Balaban J connectivity index is 2.13. The molecule has 2 aromatic carbocycles. The van der Waals surface area contributed by atoms with Gasteiger partial charge in [-0.3, -0.25) is 10.1 Å². The van der Waals surface area contributed by atoms with E-state index in [0.29, 0.717) is 16.7 Å². The van der Waals surface area contributed by atoms with Crippen LogP contribution in [0.2, 0.25) is 0 Å². The highest BCUT2D eigenvalue weighted by Gasteiger charge is 2.15. The molecule has 0 saturated heterocycles. The molecule has 0 unspecified atom stereocenters. The summed E-state index contributed by atoms with van der Waals surface area (Å²) < 4.78 is 10.5. The first-order valence-corrected chi connectivity index (χ1v) is 7.25. The smallest absolute Gasteiger partial charge is 0.411 e. The number of carbonyl (C=O) groups is 1. The maximum atomic E-state index is 12.1. The number of para-hydroxylation sites is 1. The predicted molar refractivity (Wildman–Crippen MR) is 88.0 cm³/mol. The summed E-state index contributed by atoms with van der Waals surface area (Å²) in [6.07, 6.45) is -0.660. The average molecular weight is 326 g/mol. The molecule has 2 N–H and O–H groups in total. The zero-order valence-corrected chi connectivity index (χ0v) is 12.8. The molecule has 0 aliphatic carbocycles. The molecule has 0 saturated carbocycles. The Morgan fingerprint density at radius 1 is 1.29 bits per heavy atom. The van der Waals surface area contributed by atoms with Gasteiger partial charge in [0, 0.05) is 0 Å². The lowest BCUT2D eigenvalue weighted by Gasteiger charge is -2.10. The number of carbonyl (C=O) groups excluding carboxylic acids is 1. The van der Waals surface area contributed by atoms with Gasteiger partial charge in [0.05, 0.1) is 23.2 Å². The number of benzene rings is 2. The Kier molecular flexibility index (Phi) is 4.15. The molecule has 24 heavy (non-hydrogen) atoms. The van der Waals surface area contributed by atoms with Gasteiger partial charge in [-0.15, -0.1) is 0 Å². The Bertz CT molecular complexity index is 965. The van der Waals surface area contributed by atoms with Gasteiger partial charge in [-0.25, -0.2) is 4.79 Å². The first-order valence-electron chi connectivity index (χ1n) is 7.25. The third-order valence-corrected chi connectivity index (χ3v) is 3.27. The zero-order valence-electron chi connectivity index (χ0n) is 12.8. The van der Waals surface area contributed by atoms with Crippen LogP contribution in [0, 0.1) is 0 Å². The van der Waals surface area contributed by atoms with Crippen molar-refractivity contribution in [2.24, 2.45) is 0 Å². The number of rotatable bonds is 3. The third-order valence-electron chi connectivity index (χ3n) is 3.27. The van der Waals surface area contributed by atoms with Gasteiger partial charge in [-0.2, -0.15) is 4.98 Å². The van der Waals surface area contributed by atoms with Gasteiger partial charge in [0.25, 0.3) is 5.56 Å². The summed E-state index contributed by atoms with van der Waals surface area (Å²) in [5, 5.41) is 12.6. The number of phenolic OH excluding ortho intramolecular Hbond substituents is 1. The topological polar surface area (TPSA) is 102 Å². The minimum absolute atomic E-state index is 0.0126. The van der Waals surface area contributed by atoms with Crippen molar-refractivity contribution in [3.8, 4) is 17.2 Å². The van der Waals surface area contributed by atoms with Crippen LogP contribution >= 0.6 is 0 Å². The summed E-state index contributed by atoms with van der Waals surface area (Å²) in [4.78, 5) is 27.7. The van der Waals surface area contributed by atoms with Crippen molar-refractivity contribution in [2.75, 3.05) is 11.9 Å². The fourth-order valence-corrected chi connectivity index (χ4v) is 2.22. The Morgan fingerprint density at radius 3 is 2.88 bits per heavy atom. The number of aromatic hydroxyl groups is 1. The second-order valence-electron chi connectivity index (χ2n) is 4.90. The average Bonchev–Trinajstić information content (AvgIpc) is 2.56. The van der Waals surface area contributed by atoms with Crippen molar-refractivity contribution in [2.45, 2.75) is 6.92 Å². The Labute approximate surface area is 136 Å². The minimum atomic E-state index is -0.660. The van der Waals surface area contributed by atoms with E-state index in [-0.39, 0.29) is 23.8 Å². The number of anilines is 1. The highest BCUT2D eigenvalue weighted by atomic mass is 16.5. The molecule has 1 amide bonds. The molecule has 7 heteroatoms. The molecule has 3 rings (SSSR count). The van der Waals surface area contributed by atoms with Crippen LogP contribution in [-0.4, -0.2) is 22.8 Å². The molecule has 122 valence electrons. The summed E-state index contributed by atoms with van der Waals surface area (Å²) in [6.45, 7) is 1.89. The number of ether oxygens (including phenoxy) is 1. The van der Waals surface area contributed by atoms with Crippen LogP contribution in [0.3, 0.4) is 0 Å². The third kappa shape index (κ3) is 3.05. The molecule has 1 aromatic heterocycles. The summed E-state index contributed by atoms with van der Waals surface area (Å²) in [6, 6.07) is 10.9. The Hall–Kier alpha value is -3.35. The number of fused-ring (bicyclic) bond motifs is 1. The first-order chi connectivity index (χ1) is 11.6. The molecule has 0 aliphatic heterocycles. The maximum Gasteiger partial charge on any atom is 0.411 e. The summed E-state index contributed by atoms with van der Waals surface area (Å²) in [5.41, 5.74) is 0.471. The highest BCUT2D eigenvalue weighted by Crippen LogP contribution is 2.31. The van der Waals surface area contributed by atoms with E-state index < -0.39 is 11.7 Å². The standard InChI is InChI=1S/C17H14N2O5/c1-2-23-17(22)18-13-8-7-10(20)9-12(13)16-19-15(21)11-5-3-4-6-14(11)24-16/h3-9,20H,2H2,1H3,(H,18,22). The van der Waals surface area contributed by atoms with E-state index >= 15 is 0 Å². The lowest BCUT2D eigenvalue weighted by atomic mass is 10.1. The summed E-state index contributed by atoms with van der Waals surface area (Å²) in [5.74, 6) is -0.0709. The van der Waals surface area contributed by atoms with Crippen LogP contribution < -0.4 is 10.9 Å². The van der Waals surface area contributed by atoms with Crippen LogP contribution in [-0.2, 0) is 4.74 Å². The fraction of sp³-hybridized carbons (Fsp3) is 0.118. The number of hydrogen-bond acceptors (Lipinski definition) is 6. The van der Waals surface area contributed by atoms with Crippen molar-refractivity contribution in [1.82, 2.24) is 4.98 Å². The van der Waals surface area contributed by atoms with E-state index in [2.05, 4.69) is 10.3 Å². The summed E-state index contributed by atoms with van der Waals surface area (Å²) in [7, 11) is 0. The molecule has 0 aliphatic rings. The lowest BCUT2D eigenvalue weighted by molar-refractivity contribution is 0.168. The Morgan fingerprint density at radius 2 is 2.08 bits per heavy atom. The molecule has 0 atom stereocenters. The fourth-order valence-electron chi connectivity index (χ4n) is 2.22. The van der Waals surface area contributed by atoms with Crippen molar-refractivity contribution in [1.29, 1.82) is 0 Å². The molecule has 7 nitrogen and oxygen atoms in total. The molecule has 0 radical (unpaired) electrons. The number of aromatic nitrogens is 1. The molecule has 3 aromatic rings. The van der Waals surface area contributed by atoms with Gasteiger partial charge >= 0.3 is 6.09 Å².